The lowest BCUT2D eigenvalue weighted by molar-refractivity contribution is -0.123. The van der Waals surface area contributed by atoms with Gasteiger partial charge in [-0.3, -0.25) is 9.59 Å². The molecule has 2 aromatic carbocycles. The number of ether oxygens (including phenoxy) is 2. The molecule has 0 saturated carbocycles. The third-order valence-electron chi connectivity index (χ3n) is 5.01. The first kappa shape index (κ1) is 20.6. The molecule has 2 aromatic rings. The fourth-order valence-electron chi connectivity index (χ4n) is 3.29. The maximum atomic E-state index is 13.8. The average Bonchev–Trinajstić information content (AvgIpc) is 2.76. The van der Waals surface area contributed by atoms with Crippen molar-refractivity contribution in [2.75, 3.05) is 33.4 Å². The van der Waals surface area contributed by atoms with Crippen LogP contribution in [0.1, 0.15) is 23.2 Å². The van der Waals surface area contributed by atoms with Crippen LogP contribution in [0.5, 0.6) is 11.5 Å². The second-order valence-electron chi connectivity index (χ2n) is 6.99. The first-order valence-electron chi connectivity index (χ1n) is 9.64. The smallest absolute Gasteiger partial charge is 0.257 e. The van der Waals surface area contributed by atoms with Gasteiger partial charge in [-0.2, -0.15) is 0 Å². The largest absolute Gasteiger partial charge is 0.497 e. The van der Waals surface area contributed by atoms with E-state index in [1.807, 2.05) is 0 Å². The van der Waals surface area contributed by atoms with Crippen molar-refractivity contribution in [1.29, 1.82) is 0 Å². The van der Waals surface area contributed by atoms with Gasteiger partial charge in [0.2, 0.25) is 0 Å². The van der Waals surface area contributed by atoms with Gasteiger partial charge in [0.25, 0.3) is 11.8 Å². The molecule has 6 nitrogen and oxygen atoms in total. The highest BCUT2D eigenvalue weighted by atomic mass is 19.1. The van der Waals surface area contributed by atoms with E-state index in [0.717, 1.165) is 12.8 Å². The summed E-state index contributed by atoms with van der Waals surface area (Å²) in [5, 5.41) is 2.88. The number of carbonyl (C=O) groups excluding carboxylic acids is 2. The molecule has 0 aromatic heterocycles. The van der Waals surface area contributed by atoms with E-state index in [-0.39, 0.29) is 29.9 Å². The monoisotopic (exact) mass is 400 g/mol. The fourth-order valence-corrected chi connectivity index (χ4v) is 3.29. The molecular weight excluding hydrogens is 375 g/mol. The Kier molecular flexibility index (Phi) is 7.05. The molecule has 0 radical (unpaired) electrons. The zero-order valence-corrected chi connectivity index (χ0v) is 16.4. The lowest BCUT2D eigenvalue weighted by Gasteiger charge is -2.32. The molecular formula is C22H25FN2O4. The van der Waals surface area contributed by atoms with Crippen molar-refractivity contribution in [2.45, 2.75) is 12.8 Å². The van der Waals surface area contributed by atoms with E-state index in [2.05, 4.69) is 5.32 Å². The minimum atomic E-state index is -0.497. The van der Waals surface area contributed by atoms with E-state index in [0.29, 0.717) is 31.1 Å². The average molecular weight is 400 g/mol. The SMILES string of the molecule is COc1cccc(OCC(=O)NCC2CCN(C(=O)c3ccccc3F)CC2)c1. The second kappa shape index (κ2) is 9.91. The minimum absolute atomic E-state index is 0.0716. The molecule has 1 heterocycles. The summed E-state index contributed by atoms with van der Waals surface area (Å²) in [5.41, 5.74) is 0.106. The van der Waals surface area contributed by atoms with E-state index < -0.39 is 5.82 Å². The standard InChI is InChI=1S/C22H25FN2O4/c1-28-17-5-4-6-18(13-17)29-15-21(26)24-14-16-9-11-25(12-10-16)22(27)19-7-2-3-8-20(19)23/h2-8,13,16H,9-12,14-15H2,1H3,(H,24,26). The summed E-state index contributed by atoms with van der Waals surface area (Å²) in [6.45, 7) is 1.56. The van der Waals surface area contributed by atoms with Gasteiger partial charge >= 0.3 is 0 Å². The number of piperidine rings is 1. The van der Waals surface area contributed by atoms with E-state index >= 15 is 0 Å². The molecule has 0 bridgehead atoms. The normalized spacial score (nSPS) is 14.3. The molecule has 1 fully saturated rings. The fraction of sp³-hybridized carbons (Fsp3) is 0.364. The van der Waals surface area contributed by atoms with Crippen LogP contribution in [-0.4, -0.2) is 50.1 Å². The Labute approximate surface area is 169 Å². The molecule has 2 amide bonds. The molecule has 154 valence electrons. The van der Waals surface area contributed by atoms with Gasteiger partial charge in [0.1, 0.15) is 17.3 Å². The van der Waals surface area contributed by atoms with Crippen LogP contribution in [0.25, 0.3) is 0 Å². The number of hydrogen-bond acceptors (Lipinski definition) is 4. The number of likely N-dealkylation sites (tertiary alicyclic amines) is 1. The lowest BCUT2D eigenvalue weighted by Crippen LogP contribution is -2.42. The summed E-state index contributed by atoms with van der Waals surface area (Å²) >= 11 is 0. The Morgan fingerprint density at radius 3 is 2.55 bits per heavy atom. The van der Waals surface area contributed by atoms with Gasteiger partial charge in [-0.25, -0.2) is 4.39 Å². The van der Waals surface area contributed by atoms with E-state index in [1.54, 1.807) is 48.4 Å². The summed E-state index contributed by atoms with van der Waals surface area (Å²) in [6.07, 6.45) is 1.52. The zero-order valence-electron chi connectivity index (χ0n) is 16.4. The topological polar surface area (TPSA) is 67.9 Å². The highest BCUT2D eigenvalue weighted by Crippen LogP contribution is 2.20. The minimum Gasteiger partial charge on any atom is -0.497 e. The van der Waals surface area contributed by atoms with Crippen LogP contribution in [-0.2, 0) is 4.79 Å². The molecule has 0 unspecified atom stereocenters. The van der Waals surface area contributed by atoms with Crippen molar-refractivity contribution in [3.05, 3.63) is 59.9 Å². The molecule has 0 spiro atoms. The van der Waals surface area contributed by atoms with Crippen LogP contribution in [0.4, 0.5) is 4.39 Å². The summed E-state index contributed by atoms with van der Waals surface area (Å²) in [5.74, 6) is 0.539. The van der Waals surface area contributed by atoms with Gasteiger partial charge < -0.3 is 19.7 Å². The van der Waals surface area contributed by atoms with Crippen molar-refractivity contribution in [2.24, 2.45) is 5.92 Å². The molecule has 1 aliphatic rings. The number of rotatable bonds is 7. The van der Waals surface area contributed by atoms with Gasteiger partial charge in [-0.15, -0.1) is 0 Å². The molecule has 0 atom stereocenters. The van der Waals surface area contributed by atoms with Crippen molar-refractivity contribution in [3.8, 4) is 11.5 Å². The Morgan fingerprint density at radius 2 is 1.83 bits per heavy atom. The number of methoxy groups -OCH3 is 1. The van der Waals surface area contributed by atoms with Gasteiger partial charge in [-0.05, 0) is 43.0 Å². The van der Waals surface area contributed by atoms with Crippen LogP contribution in [0.3, 0.4) is 0 Å². The van der Waals surface area contributed by atoms with Crippen LogP contribution in [0, 0.1) is 11.7 Å². The molecule has 0 aliphatic carbocycles. The second-order valence-corrected chi connectivity index (χ2v) is 6.99. The number of hydrogen-bond donors (Lipinski definition) is 1. The van der Waals surface area contributed by atoms with Gasteiger partial charge in [0.15, 0.2) is 6.61 Å². The highest BCUT2D eigenvalue weighted by molar-refractivity contribution is 5.94. The van der Waals surface area contributed by atoms with Crippen LogP contribution in [0.2, 0.25) is 0 Å². The Balaban J connectivity index is 1.39. The summed E-state index contributed by atoms with van der Waals surface area (Å²) in [4.78, 5) is 26.2. The number of nitrogens with one attached hydrogen (secondary N) is 1. The van der Waals surface area contributed by atoms with Gasteiger partial charge in [-0.1, -0.05) is 18.2 Å². The summed E-state index contributed by atoms with van der Waals surface area (Å²) in [6, 6.07) is 13.1. The number of benzene rings is 2. The van der Waals surface area contributed by atoms with E-state index in [9.17, 15) is 14.0 Å². The molecule has 7 heteroatoms. The van der Waals surface area contributed by atoms with Crippen LogP contribution in [0.15, 0.2) is 48.5 Å². The van der Waals surface area contributed by atoms with E-state index in [4.69, 9.17) is 9.47 Å². The van der Waals surface area contributed by atoms with Crippen molar-refractivity contribution < 1.29 is 23.5 Å². The van der Waals surface area contributed by atoms with Crippen LogP contribution < -0.4 is 14.8 Å². The van der Waals surface area contributed by atoms with Crippen LogP contribution >= 0.6 is 0 Å². The summed E-state index contributed by atoms with van der Waals surface area (Å²) in [7, 11) is 1.57. The van der Waals surface area contributed by atoms with E-state index in [1.165, 1.54) is 12.1 Å². The number of nitrogens with zero attached hydrogens (tertiary/aromatic N) is 1. The number of halogens is 1. The Hall–Kier alpha value is -3.09. The maximum Gasteiger partial charge on any atom is 0.257 e. The zero-order chi connectivity index (χ0) is 20.6. The third kappa shape index (κ3) is 5.70. The maximum absolute atomic E-state index is 13.8. The van der Waals surface area contributed by atoms with Crippen molar-refractivity contribution in [1.82, 2.24) is 10.2 Å². The quantitative estimate of drug-likeness (QED) is 0.776. The number of carbonyl (C=O) groups is 2. The van der Waals surface area contributed by atoms with Gasteiger partial charge in [0, 0.05) is 25.7 Å². The predicted octanol–water partition coefficient (Wildman–Crippen LogP) is 2.88. The first-order valence-corrected chi connectivity index (χ1v) is 9.64. The third-order valence-corrected chi connectivity index (χ3v) is 5.01. The van der Waals surface area contributed by atoms with Crippen molar-refractivity contribution >= 4 is 11.8 Å². The summed E-state index contributed by atoms with van der Waals surface area (Å²) < 4.78 is 24.4. The molecule has 29 heavy (non-hydrogen) atoms. The van der Waals surface area contributed by atoms with Gasteiger partial charge in [0.05, 0.1) is 12.7 Å². The van der Waals surface area contributed by atoms with Crippen molar-refractivity contribution in [3.63, 3.8) is 0 Å². The lowest BCUT2D eigenvalue weighted by atomic mass is 9.96. The first-order chi connectivity index (χ1) is 14.1. The molecule has 1 aliphatic heterocycles. The molecule has 3 rings (SSSR count). The highest BCUT2D eigenvalue weighted by Gasteiger charge is 2.25. The molecule has 1 saturated heterocycles. The number of amides is 2. The predicted molar refractivity (Wildman–Crippen MR) is 107 cm³/mol. The Bertz CT molecular complexity index is 850. The Morgan fingerprint density at radius 1 is 1.10 bits per heavy atom. The molecule has 1 N–H and O–H groups in total.